The van der Waals surface area contributed by atoms with Crippen molar-refractivity contribution in [2.45, 2.75) is 13.0 Å². The van der Waals surface area contributed by atoms with Crippen LogP contribution in [-0.4, -0.2) is 28.0 Å². The van der Waals surface area contributed by atoms with Crippen LogP contribution in [0, 0.1) is 0 Å². The number of aromatic nitrogens is 2. The molecule has 0 bridgehead atoms. The highest BCUT2D eigenvalue weighted by atomic mass is 79.9. The lowest BCUT2D eigenvalue weighted by molar-refractivity contribution is 0.600. The van der Waals surface area contributed by atoms with Crippen LogP contribution in [0.15, 0.2) is 47.2 Å². The second-order valence-corrected chi connectivity index (χ2v) is 5.66. The molecule has 0 spiro atoms. The van der Waals surface area contributed by atoms with Gasteiger partial charge in [0.05, 0.1) is 17.2 Å². The van der Waals surface area contributed by atoms with Gasteiger partial charge in [0.25, 0.3) is 0 Å². The Hall–Kier alpha value is -1.40. The van der Waals surface area contributed by atoms with Crippen LogP contribution in [-0.2, 0) is 13.0 Å². The number of nitrogens with zero attached hydrogens (tertiary/aromatic N) is 2. The zero-order valence-electron chi connectivity index (χ0n) is 11.1. The molecule has 2 aromatic rings. The summed E-state index contributed by atoms with van der Waals surface area (Å²) in [5.74, 6) is 0. The monoisotopic (exact) mass is 352 g/mol. The molecule has 1 aromatic heterocycles. The third-order valence-corrected chi connectivity index (χ3v) is 3.47. The van der Waals surface area contributed by atoms with Gasteiger partial charge in [-0.05, 0) is 40.1 Å². The molecule has 0 aliphatic heterocycles. The first-order chi connectivity index (χ1) is 9.74. The van der Waals surface area contributed by atoms with Crippen molar-refractivity contribution in [1.29, 1.82) is 0 Å². The molecule has 0 atom stereocenters. The topological polar surface area (TPSA) is 41.9 Å². The Morgan fingerprint density at radius 1 is 1.20 bits per heavy atom. The van der Waals surface area contributed by atoms with Crippen molar-refractivity contribution in [1.82, 2.24) is 20.4 Å². The van der Waals surface area contributed by atoms with Crippen LogP contribution in [0.5, 0.6) is 0 Å². The molecule has 20 heavy (non-hydrogen) atoms. The number of nitrogens with one attached hydrogen (secondary N) is 2. The minimum atomic E-state index is 0.687. The molecule has 1 heterocycles. The van der Waals surface area contributed by atoms with Crippen LogP contribution in [0.1, 0.15) is 5.56 Å². The fourth-order valence-corrected chi connectivity index (χ4v) is 2.30. The van der Waals surface area contributed by atoms with E-state index in [-0.39, 0.29) is 0 Å². The standard InChI is InChI=1S/C14H17BrN4S/c15-13-10-18-19(11-13)9-8-17-14(20)16-7-6-12-4-2-1-3-5-12/h1-5,10-11H,6-9H2,(H2,16,17,20). The lowest BCUT2D eigenvalue weighted by Gasteiger charge is -2.10. The van der Waals surface area contributed by atoms with Gasteiger partial charge in [-0.15, -0.1) is 0 Å². The van der Waals surface area contributed by atoms with Gasteiger partial charge in [0, 0.05) is 19.3 Å². The highest BCUT2D eigenvalue weighted by Gasteiger charge is 1.97. The van der Waals surface area contributed by atoms with Crippen molar-refractivity contribution in [3.8, 4) is 0 Å². The molecule has 0 amide bonds. The Labute approximate surface area is 132 Å². The summed E-state index contributed by atoms with van der Waals surface area (Å²) < 4.78 is 2.85. The van der Waals surface area contributed by atoms with Crippen LogP contribution < -0.4 is 10.6 Å². The van der Waals surface area contributed by atoms with Crippen molar-refractivity contribution >= 4 is 33.3 Å². The van der Waals surface area contributed by atoms with E-state index in [4.69, 9.17) is 12.2 Å². The number of rotatable bonds is 6. The van der Waals surface area contributed by atoms with Crippen LogP contribution in [0.2, 0.25) is 0 Å². The number of hydrogen-bond acceptors (Lipinski definition) is 2. The molecule has 1 aromatic carbocycles. The summed E-state index contributed by atoms with van der Waals surface area (Å²) in [6.07, 6.45) is 4.68. The Morgan fingerprint density at radius 3 is 2.65 bits per heavy atom. The van der Waals surface area contributed by atoms with E-state index in [1.165, 1.54) is 5.56 Å². The van der Waals surface area contributed by atoms with E-state index in [0.717, 1.165) is 30.5 Å². The molecule has 0 radical (unpaired) electrons. The zero-order chi connectivity index (χ0) is 14.2. The van der Waals surface area contributed by atoms with Gasteiger partial charge in [0.2, 0.25) is 0 Å². The fourth-order valence-electron chi connectivity index (χ4n) is 1.77. The molecule has 4 nitrogen and oxygen atoms in total. The number of halogens is 1. The molecule has 2 rings (SSSR count). The predicted molar refractivity (Wildman–Crippen MR) is 88.7 cm³/mol. The van der Waals surface area contributed by atoms with Gasteiger partial charge in [-0.25, -0.2) is 0 Å². The summed E-state index contributed by atoms with van der Waals surface area (Å²) >= 11 is 8.60. The Bertz CT molecular complexity index is 541. The maximum atomic E-state index is 5.23. The average Bonchev–Trinajstić information content (AvgIpc) is 2.86. The first kappa shape index (κ1) is 15.0. The molecule has 6 heteroatoms. The van der Waals surface area contributed by atoms with Gasteiger partial charge < -0.3 is 10.6 Å². The lowest BCUT2D eigenvalue weighted by atomic mass is 10.1. The van der Waals surface area contributed by atoms with Gasteiger partial charge >= 0.3 is 0 Å². The molecular weight excluding hydrogens is 336 g/mol. The van der Waals surface area contributed by atoms with Crippen molar-refractivity contribution in [3.63, 3.8) is 0 Å². The van der Waals surface area contributed by atoms with E-state index >= 15 is 0 Å². The van der Waals surface area contributed by atoms with E-state index in [1.807, 2.05) is 29.1 Å². The number of thiocarbonyl (C=S) groups is 1. The van der Waals surface area contributed by atoms with Gasteiger partial charge in [-0.1, -0.05) is 30.3 Å². The summed E-state index contributed by atoms with van der Waals surface area (Å²) in [7, 11) is 0. The van der Waals surface area contributed by atoms with Crippen LogP contribution >= 0.6 is 28.1 Å². The summed E-state index contributed by atoms with van der Waals surface area (Å²) in [5, 5.41) is 11.2. The van der Waals surface area contributed by atoms with E-state index < -0.39 is 0 Å². The predicted octanol–water partition coefficient (Wildman–Crippen LogP) is 2.35. The van der Waals surface area contributed by atoms with Crippen molar-refractivity contribution < 1.29 is 0 Å². The van der Waals surface area contributed by atoms with Gasteiger partial charge in [-0.3, -0.25) is 4.68 Å². The third-order valence-electron chi connectivity index (χ3n) is 2.77. The lowest BCUT2D eigenvalue weighted by Crippen LogP contribution is -2.38. The second kappa shape index (κ2) is 8.01. The molecule has 0 aliphatic rings. The number of benzene rings is 1. The van der Waals surface area contributed by atoms with E-state index in [1.54, 1.807) is 6.20 Å². The van der Waals surface area contributed by atoms with Crippen molar-refractivity contribution in [2.75, 3.05) is 13.1 Å². The number of hydrogen-bond donors (Lipinski definition) is 2. The Morgan fingerprint density at radius 2 is 1.95 bits per heavy atom. The SMILES string of the molecule is S=C(NCCc1ccccc1)NCCn1cc(Br)cn1. The minimum absolute atomic E-state index is 0.687. The molecule has 2 N–H and O–H groups in total. The Balaban J connectivity index is 1.59. The smallest absolute Gasteiger partial charge is 0.166 e. The molecule has 0 fully saturated rings. The zero-order valence-corrected chi connectivity index (χ0v) is 13.5. The van der Waals surface area contributed by atoms with E-state index in [0.29, 0.717) is 5.11 Å². The third kappa shape index (κ3) is 5.30. The quantitative estimate of drug-likeness (QED) is 0.783. The molecule has 0 saturated heterocycles. The largest absolute Gasteiger partial charge is 0.362 e. The molecule has 0 saturated carbocycles. The van der Waals surface area contributed by atoms with E-state index in [9.17, 15) is 0 Å². The second-order valence-electron chi connectivity index (χ2n) is 4.34. The minimum Gasteiger partial charge on any atom is -0.362 e. The summed E-state index contributed by atoms with van der Waals surface area (Å²) in [6, 6.07) is 10.4. The summed E-state index contributed by atoms with van der Waals surface area (Å²) in [4.78, 5) is 0. The fraction of sp³-hybridized carbons (Fsp3) is 0.286. The van der Waals surface area contributed by atoms with Crippen molar-refractivity contribution in [2.24, 2.45) is 0 Å². The molecule has 106 valence electrons. The maximum Gasteiger partial charge on any atom is 0.166 e. The van der Waals surface area contributed by atoms with Crippen LogP contribution in [0.3, 0.4) is 0 Å². The first-order valence-electron chi connectivity index (χ1n) is 6.47. The Kier molecular flexibility index (Phi) is 6.01. The summed E-state index contributed by atoms with van der Waals surface area (Å²) in [5.41, 5.74) is 1.31. The first-order valence-corrected chi connectivity index (χ1v) is 7.68. The average molecular weight is 353 g/mol. The van der Waals surface area contributed by atoms with E-state index in [2.05, 4.69) is 43.8 Å². The molecular formula is C14H17BrN4S. The van der Waals surface area contributed by atoms with Gasteiger partial charge in [-0.2, -0.15) is 5.10 Å². The maximum absolute atomic E-state index is 5.23. The van der Waals surface area contributed by atoms with Gasteiger partial charge in [0.1, 0.15) is 0 Å². The molecule has 0 aliphatic carbocycles. The van der Waals surface area contributed by atoms with Gasteiger partial charge in [0.15, 0.2) is 5.11 Å². The highest BCUT2D eigenvalue weighted by molar-refractivity contribution is 9.10. The summed E-state index contributed by atoms with van der Waals surface area (Å²) in [6.45, 7) is 2.38. The van der Waals surface area contributed by atoms with Crippen LogP contribution in [0.25, 0.3) is 0 Å². The van der Waals surface area contributed by atoms with Crippen LogP contribution in [0.4, 0.5) is 0 Å². The highest BCUT2D eigenvalue weighted by Crippen LogP contribution is 2.05. The normalized spacial score (nSPS) is 10.2. The molecule has 0 unspecified atom stereocenters. The van der Waals surface area contributed by atoms with Crippen molar-refractivity contribution in [3.05, 3.63) is 52.8 Å².